The highest BCUT2D eigenvalue weighted by molar-refractivity contribution is 7.99. The molecule has 1 N–H and O–H groups in total. The van der Waals surface area contributed by atoms with Crippen molar-refractivity contribution in [1.82, 2.24) is 19.7 Å². The molecule has 6 nitrogen and oxygen atoms in total. The van der Waals surface area contributed by atoms with Crippen LogP contribution in [0.4, 0.5) is 5.69 Å². The lowest BCUT2D eigenvalue weighted by Gasteiger charge is -2.07. The Hall–Kier alpha value is -2.38. The second kappa shape index (κ2) is 7.46. The summed E-state index contributed by atoms with van der Waals surface area (Å²) >= 11 is 7.34. The van der Waals surface area contributed by atoms with Crippen LogP contribution < -0.4 is 5.32 Å². The summed E-state index contributed by atoms with van der Waals surface area (Å²) in [7, 11) is 1.86. The number of benzene rings is 1. The first kappa shape index (κ1) is 16.5. The Bertz CT molecular complexity index is 853. The van der Waals surface area contributed by atoms with E-state index in [0.29, 0.717) is 21.7 Å². The van der Waals surface area contributed by atoms with Crippen molar-refractivity contribution in [2.75, 3.05) is 11.1 Å². The summed E-state index contributed by atoms with van der Waals surface area (Å²) in [5.41, 5.74) is 1.47. The summed E-state index contributed by atoms with van der Waals surface area (Å²) < 4.78 is 1.84. The average molecular weight is 360 g/mol. The molecule has 0 bridgehead atoms. The van der Waals surface area contributed by atoms with Crippen LogP contribution in [0.5, 0.6) is 0 Å². The molecule has 0 radical (unpaired) electrons. The molecule has 0 atom stereocenters. The molecule has 0 saturated carbocycles. The fourth-order valence-corrected chi connectivity index (χ4v) is 2.96. The predicted molar refractivity (Wildman–Crippen MR) is 95.0 cm³/mol. The normalized spacial score (nSPS) is 10.6. The van der Waals surface area contributed by atoms with Crippen LogP contribution >= 0.6 is 23.4 Å². The number of carbonyl (C=O) groups is 1. The fourth-order valence-electron chi connectivity index (χ4n) is 2.07. The van der Waals surface area contributed by atoms with E-state index in [1.165, 1.54) is 11.8 Å². The van der Waals surface area contributed by atoms with Gasteiger partial charge in [-0.2, -0.15) is 0 Å². The Morgan fingerprint density at radius 3 is 2.83 bits per heavy atom. The lowest BCUT2D eigenvalue weighted by atomic mass is 10.3. The summed E-state index contributed by atoms with van der Waals surface area (Å²) in [6, 6.07) is 10.9. The Morgan fingerprint density at radius 2 is 2.08 bits per heavy atom. The molecule has 0 aliphatic rings. The number of carbonyl (C=O) groups excluding carboxylic acids is 1. The molecule has 0 aliphatic heterocycles. The molecule has 3 aromatic rings. The highest BCUT2D eigenvalue weighted by Crippen LogP contribution is 2.23. The van der Waals surface area contributed by atoms with Crippen LogP contribution in [0.1, 0.15) is 0 Å². The van der Waals surface area contributed by atoms with E-state index < -0.39 is 0 Å². The van der Waals surface area contributed by atoms with Gasteiger partial charge in [0.2, 0.25) is 5.91 Å². The second-order valence-electron chi connectivity index (χ2n) is 4.92. The zero-order valence-corrected chi connectivity index (χ0v) is 14.4. The summed E-state index contributed by atoms with van der Waals surface area (Å²) in [6.07, 6.45) is 3.43. The van der Waals surface area contributed by atoms with Crippen LogP contribution in [0.3, 0.4) is 0 Å². The van der Waals surface area contributed by atoms with Crippen molar-refractivity contribution in [3.63, 3.8) is 0 Å². The Kier molecular flexibility index (Phi) is 5.12. The number of halogens is 1. The highest BCUT2D eigenvalue weighted by Gasteiger charge is 2.13. The van der Waals surface area contributed by atoms with E-state index in [1.54, 1.807) is 24.5 Å². The number of hydrogen-bond acceptors (Lipinski definition) is 5. The molecule has 8 heteroatoms. The highest BCUT2D eigenvalue weighted by atomic mass is 35.5. The summed E-state index contributed by atoms with van der Waals surface area (Å²) in [4.78, 5) is 16.1. The van der Waals surface area contributed by atoms with Crippen LogP contribution in [0.2, 0.25) is 5.02 Å². The van der Waals surface area contributed by atoms with Gasteiger partial charge < -0.3 is 9.88 Å². The quantitative estimate of drug-likeness (QED) is 0.708. The lowest BCUT2D eigenvalue weighted by molar-refractivity contribution is -0.113. The third-order valence-corrected chi connectivity index (χ3v) is 4.58. The van der Waals surface area contributed by atoms with Crippen molar-refractivity contribution in [3.05, 3.63) is 53.8 Å². The van der Waals surface area contributed by atoms with Gasteiger partial charge in [-0.25, -0.2) is 0 Å². The van der Waals surface area contributed by atoms with E-state index in [1.807, 2.05) is 35.9 Å². The maximum Gasteiger partial charge on any atom is 0.234 e. The molecule has 122 valence electrons. The summed E-state index contributed by atoms with van der Waals surface area (Å²) in [5.74, 6) is 0.765. The van der Waals surface area contributed by atoms with E-state index in [9.17, 15) is 4.79 Å². The van der Waals surface area contributed by atoms with Crippen LogP contribution in [0, 0.1) is 0 Å². The molecule has 1 aromatic carbocycles. The topological polar surface area (TPSA) is 72.7 Å². The Morgan fingerprint density at radius 1 is 1.25 bits per heavy atom. The van der Waals surface area contributed by atoms with Crippen molar-refractivity contribution in [2.45, 2.75) is 5.16 Å². The molecule has 0 unspecified atom stereocenters. The van der Waals surface area contributed by atoms with E-state index in [2.05, 4.69) is 20.5 Å². The van der Waals surface area contributed by atoms with E-state index in [-0.39, 0.29) is 11.7 Å². The number of pyridine rings is 1. The number of aromatic nitrogens is 4. The number of hydrogen-bond donors (Lipinski definition) is 1. The second-order valence-corrected chi connectivity index (χ2v) is 6.27. The van der Waals surface area contributed by atoms with Gasteiger partial charge in [0.15, 0.2) is 11.0 Å². The van der Waals surface area contributed by atoms with Crippen molar-refractivity contribution >= 4 is 35.0 Å². The van der Waals surface area contributed by atoms with Crippen LogP contribution in [-0.4, -0.2) is 31.4 Å². The van der Waals surface area contributed by atoms with Crippen molar-refractivity contribution in [2.24, 2.45) is 7.05 Å². The molecule has 2 aromatic heterocycles. The average Bonchev–Trinajstić information content (AvgIpc) is 2.97. The molecule has 2 heterocycles. The van der Waals surface area contributed by atoms with Crippen LogP contribution in [0.15, 0.2) is 53.9 Å². The Balaban J connectivity index is 1.64. The largest absolute Gasteiger partial charge is 0.324 e. The minimum absolute atomic E-state index is 0.154. The predicted octanol–water partition coefficient (Wildman–Crippen LogP) is 3.26. The number of anilines is 1. The van der Waals surface area contributed by atoms with Gasteiger partial charge >= 0.3 is 0 Å². The van der Waals surface area contributed by atoms with Gasteiger partial charge in [-0.15, -0.1) is 10.2 Å². The van der Waals surface area contributed by atoms with Gasteiger partial charge in [0.05, 0.1) is 16.5 Å². The minimum atomic E-state index is -0.154. The molecular formula is C16H14ClN5OS. The maximum absolute atomic E-state index is 12.1. The first-order valence-electron chi connectivity index (χ1n) is 7.12. The SMILES string of the molecule is Cn1c(SCC(=O)Nc2ccccc2Cl)nnc1-c1cccnc1. The molecule has 0 saturated heterocycles. The third-order valence-electron chi connectivity index (χ3n) is 3.23. The Labute approximate surface area is 148 Å². The summed E-state index contributed by atoms with van der Waals surface area (Å²) in [5, 5.41) is 12.2. The maximum atomic E-state index is 12.1. The zero-order valence-electron chi connectivity index (χ0n) is 12.8. The number of nitrogens with zero attached hydrogens (tertiary/aromatic N) is 4. The first-order valence-corrected chi connectivity index (χ1v) is 8.48. The number of amides is 1. The molecular weight excluding hydrogens is 346 g/mol. The molecule has 0 aliphatic carbocycles. The van der Waals surface area contributed by atoms with Crippen molar-refractivity contribution < 1.29 is 4.79 Å². The van der Waals surface area contributed by atoms with Crippen LogP contribution in [-0.2, 0) is 11.8 Å². The number of nitrogens with one attached hydrogen (secondary N) is 1. The van der Waals surface area contributed by atoms with E-state index in [0.717, 1.165) is 5.56 Å². The fraction of sp³-hybridized carbons (Fsp3) is 0.125. The van der Waals surface area contributed by atoms with Crippen molar-refractivity contribution in [1.29, 1.82) is 0 Å². The number of para-hydroxylation sites is 1. The monoisotopic (exact) mass is 359 g/mol. The summed E-state index contributed by atoms with van der Waals surface area (Å²) in [6.45, 7) is 0. The van der Waals surface area contributed by atoms with Crippen LogP contribution in [0.25, 0.3) is 11.4 Å². The lowest BCUT2D eigenvalue weighted by Crippen LogP contribution is -2.14. The number of thioether (sulfide) groups is 1. The van der Waals surface area contributed by atoms with Gasteiger partial charge in [0.25, 0.3) is 0 Å². The van der Waals surface area contributed by atoms with Gasteiger partial charge in [0.1, 0.15) is 0 Å². The smallest absolute Gasteiger partial charge is 0.234 e. The van der Waals surface area contributed by atoms with Gasteiger partial charge in [0, 0.05) is 25.0 Å². The minimum Gasteiger partial charge on any atom is -0.324 e. The van der Waals surface area contributed by atoms with Gasteiger partial charge in [-0.3, -0.25) is 9.78 Å². The van der Waals surface area contributed by atoms with E-state index >= 15 is 0 Å². The molecule has 0 spiro atoms. The van der Waals surface area contributed by atoms with E-state index in [4.69, 9.17) is 11.6 Å². The van der Waals surface area contributed by atoms with Gasteiger partial charge in [-0.05, 0) is 24.3 Å². The zero-order chi connectivity index (χ0) is 16.9. The molecule has 1 amide bonds. The first-order chi connectivity index (χ1) is 11.6. The molecule has 24 heavy (non-hydrogen) atoms. The standard InChI is InChI=1S/C16H14ClN5OS/c1-22-15(11-5-4-8-18-9-11)20-21-16(22)24-10-14(23)19-13-7-3-2-6-12(13)17/h2-9H,10H2,1H3,(H,19,23). The number of rotatable bonds is 5. The molecule has 0 fully saturated rings. The van der Waals surface area contributed by atoms with Crippen molar-refractivity contribution in [3.8, 4) is 11.4 Å². The molecule has 3 rings (SSSR count). The van der Waals surface area contributed by atoms with Gasteiger partial charge in [-0.1, -0.05) is 35.5 Å². The third kappa shape index (κ3) is 3.74.